The Labute approximate surface area is 138 Å². The van der Waals surface area contributed by atoms with Crippen molar-refractivity contribution in [1.82, 2.24) is 4.90 Å². The minimum atomic E-state index is -0.518. The van der Waals surface area contributed by atoms with Crippen LogP contribution in [0.15, 0.2) is 24.3 Å². The fraction of sp³-hybridized carbons (Fsp3) is 0.611. The van der Waals surface area contributed by atoms with Gasteiger partial charge in [-0.25, -0.2) is 4.79 Å². The molecule has 1 saturated heterocycles. The zero-order valence-corrected chi connectivity index (χ0v) is 14.2. The van der Waals surface area contributed by atoms with Crippen LogP contribution < -0.4 is 0 Å². The number of nitrogens with zero attached hydrogens (tertiary/aromatic N) is 1. The Morgan fingerprint density at radius 3 is 2.35 bits per heavy atom. The lowest BCUT2D eigenvalue weighted by Crippen LogP contribution is -2.34. The van der Waals surface area contributed by atoms with E-state index in [4.69, 9.17) is 9.78 Å². The predicted octanol–water partition coefficient (Wildman–Crippen LogP) is 2.78. The smallest absolute Gasteiger partial charge is 0.373 e. The van der Waals surface area contributed by atoms with Crippen molar-refractivity contribution in [3.05, 3.63) is 35.4 Å². The second kappa shape index (κ2) is 7.90. The van der Waals surface area contributed by atoms with Crippen molar-refractivity contribution in [3.8, 4) is 0 Å². The number of hydrogen-bond acceptors (Lipinski definition) is 5. The first-order valence-electron chi connectivity index (χ1n) is 8.19. The van der Waals surface area contributed by atoms with Gasteiger partial charge in [0.15, 0.2) is 0 Å². The molecule has 23 heavy (non-hydrogen) atoms. The largest absolute Gasteiger partial charge is 0.396 e. The van der Waals surface area contributed by atoms with Crippen molar-refractivity contribution in [2.24, 2.45) is 5.92 Å². The number of likely N-dealkylation sites (tertiary alicyclic amines) is 1. The number of aliphatic hydroxyl groups excluding tert-OH is 1. The van der Waals surface area contributed by atoms with Crippen LogP contribution >= 0.6 is 0 Å². The third-order valence-electron chi connectivity index (χ3n) is 3.93. The Morgan fingerprint density at radius 1 is 1.22 bits per heavy atom. The Kier molecular flexibility index (Phi) is 6.16. The van der Waals surface area contributed by atoms with Gasteiger partial charge < -0.3 is 5.11 Å². The molecule has 0 aliphatic carbocycles. The molecule has 1 heterocycles. The van der Waals surface area contributed by atoms with Crippen molar-refractivity contribution in [1.29, 1.82) is 0 Å². The van der Waals surface area contributed by atoms with Gasteiger partial charge in [-0.2, -0.15) is 4.89 Å². The summed E-state index contributed by atoms with van der Waals surface area (Å²) in [6, 6.07) is 7.44. The van der Waals surface area contributed by atoms with Gasteiger partial charge in [0.25, 0.3) is 0 Å². The zero-order valence-electron chi connectivity index (χ0n) is 14.2. The first-order valence-corrected chi connectivity index (χ1v) is 8.19. The van der Waals surface area contributed by atoms with Crippen LogP contribution in [0.1, 0.15) is 49.5 Å². The Bertz CT molecular complexity index is 499. The summed E-state index contributed by atoms with van der Waals surface area (Å²) in [5, 5.41) is 9.17. The first-order chi connectivity index (χ1) is 10.9. The Hall–Kier alpha value is -1.43. The summed E-state index contributed by atoms with van der Waals surface area (Å²) < 4.78 is 0. The van der Waals surface area contributed by atoms with Crippen LogP contribution in [0.4, 0.5) is 0 Å². The van der Waals surface area contributed by atoms with Gasteiger partial charge in [-0.3, -0.25) is 9.79 Å². The molecule has 1 aromatic rings. The average molecular weight is 321 g/mol. The number of hydrogen-bond donors (Lipinski definition) is 1. The summed E-state index contributed by atoms with van der Waals surface area (Å²) >= 11 is 0. The Balaban J connectivity index is 1.84. The van der Waals surface area contributed by atoms with Gasteiger partial charge in [-0.15, -0.1) is 0 Å². The molecule has 5 nitrogen and oxygen atoms in total. The third kappa shape index (κ3) is 5.94. The third-order valence-corrected chi connectivity index (χ3v) is 3.93. The number of benzene rings is 1. The normalized spacial score (nSPS) is 17.2. The fourth-order valence-electron chi connectivity index (χ4n) is 2.54. The van der Waals surface area contributed by atoms with E-state index in [0.717, 1.165) is 32.5 Å². The second-order valence-corrected chi connectivity index (χ2v) is 7.17. The molecule has 0 saturated carbocycles. The quantitative estimate of drug-likeness (QED) is 0.667. The van der Waals surface area contributed by atoms with E-state index in [2.05, 4.69) is 4.90 Å². The number of carbonyl (C=O) groups is 1. The van der Waals surface area contributed by atoms with Crippen LogP contribution in [-0.2, 0) is 16.3 Å². The fourth-order valence-corrected chi connectivity index (χ4v) is 2.54. The van der Waals surface area contributed by atoms with Crippen molar-refractivity contribution in [2.45, 2.75) is 45.8 Å². The van der Waals surface area contributed by atoms with Crippen LogP contribution in [0.5, 0.6) is 0 Å². The first kappa shape index (κ1) is 17.9. The standard InChI is InChI=1S/C18H27NO4/c1-18(2,3)23-22-17(21)16-6-4-14(5-7-16)12-19-10-8-15(13-20)9-11-19/h4-7,15,20H,8-13H2,1-3H3. The van der Waals surface area contributed by atoms with Crippen molar-refractivity contribution < 1.29 is 19.7 Å². The maximum atomic E-state index is 11.9. The minimum absolute atomic E-state index is 0.293. The minimum Gasteiger partial charge on any atom is -0.396 e. The molecule has 0 amide bonds. The van der Waals surface area contributed by atoms with E-state index in [1.165, 1.54) is 5.56 Å². The Morgan fingerprint density at radius 2 is 1.83 bits per heavy atom. The maximum Gasteiger partial charge on any atom is 0.373 e. The predicted molar refractivity (Wildman–Crippen MR) is 87.8 cm³/mol. The molecular formula is C18H27NO4. The summed E-state index contributed by atoms with van der Waals surface area (Å²) in [7, 11) is 0. The van der Waals surface area contributed by atoms with Gasteiger partial charge in [0, 0.05) is 13.2 Å². The molecule has 0 atom stereocenters. The lowest BCUT2D eigenvalue weighted by atomic mass is 9.97. The van der Waals surface area contributed by atoms with E-state index in [0.29, 0.717) is 18.1 Å². The second-order valence-electron chi connectivity index (χ2n) is 7.17. The molecule has 5 heteroatoms. The van der Waals surface area contributed by atoms with Gasteiger partial charge >= 0.3 is 5.97 Å². The van der Waals surface area contributed by atoms with Crippen LogP contribution in [0.25, 0.3) is 0 Å². The number of piperidine rings is 1. The summed E-state index contributed by atoms with van der Waals surface area (Å²) in [5.41, 5.74) is 1.13. The highest BCUT2D eigenvalue weighted by Crippen LogP contribution is 2.19. The molecule has 128 valence electrons. The van der Waals surface area contributed by atoms with E-state index < -0.39 is 11.6 Å². The van der Waals surface area contributed by atoms with Crippen LogP contribution in [0, 0.1) is 5.92 Å². The average Bonchev–Trinajstić information content (AvgIpc) is 2.53. The van der Waals surface area contributed by atoms with E-state index in [1.807, 2.05) is 32.9 Å². The molecule has 0 bridgehead atoms. The van der Waals surface area contributed by atoms with Gasteiger partial charge in [-0.1, -0.05) is 12.1 Å². The summed E-state index contributed by atoms with van der Waals surface area (Å²) in [6.07, 6.45) is 2.09. The maximum absolute atomic E-state index is 11.9. The van der Waals surface area contributed by atoms with E-state index in [1.54, 1.807) is 12.1 Å². The molecule has 0 unspecified atom stereocenters. The molecule has 0 spiro atoms. The van der Waals surface area contributed by atoms with Crippen LogP contribution in [-0.4, -0.2) is 41.3 Å². The zero-order chi connectivity index (χ0) is 16.9. The molecule has 1 aromatic carbocycles. The van der Waals surface area contributed by atoms with Crippen molar-refractivity contribution in [2.75, 3.05) is 19.7 Å². The summed E-state index contributed by atoms with van der Waals surface area (Å²) in [5.74, 6) is -0.0264. The molecule has 1 aliphatic rings. The monoisotopic (exact) mass is 321 g/mol. The highest BCUT2D eigenvalue weighted by molar-refractivity contribution is 5.88. The molecule has 0 aromatic heterocycles. The highest BCUT2D eigenvalue weighted by atomic mass is 17.2. The van der Waals surface area contributed by atoms with Crippen LogP contribution in [0.3, 0.4) is 0 Å². The van der Waals surface area contributed by atoms with Gasteiger partial charge in [0.2, 0.25) is 0 Å². The molecule has 1 aliphatic heterocycles. The van der Waals surface area contributed by atoms with Gasteiger partial charge in [0.05, 0.1) is 5.56 Å². The topological polar surface area (TPSA) is 59.0 Å². The number of carbonyl (C=O) groups excluding carboxylic acids is 1. The van der Waals surface area contributed by atoms with Crippen LogP contribution in [0.2, 0.25) is 0 Å². The molecular weight excluding hydrogens is 294 g/mol. The van der Waals surface area contributed by atoms with E-state index in [-0.39, 0.29) is 0 Å². The van der Waals surface area contributed by atoms with E-state index in [9.17, 15) is 9.90 Å². The SMILES string of the molecule is CC(C)(C)OOC(=O)c1ccc(CN2CCC(CO)CC2)cc1. The molecule has 1 N–H and O–H groups in total. The van der Waals surface area contributed by atoms with E-state index >= 15 is 0 Å². The summed E-state index contributed by atoms with van der Waals surface area (Å²) in [6.45, 7) is 8.65. The van der Waals surface area contributed by atoms with Crippen molar-refractivity contribution >= 4 is 5.97 Å². The summed E-state index contributed by atoms with van der Waals surface area (Å²) in [4.78, 5) is 24.1. The number of aliphatic hydroxyl groups is 1. The molecule has 1 fully saturated rings. The lowest BCUT2D eigenvalue weighted by molar-refractivity contribution is -0.301. The van der Waals surface area contributed by atoms with Gasteiger partial charge in [-0.05, 0) is 70.3 Å². The molecule has 0 radical (unpaired) electrons. The highest BCUT2D eigenvalue weighted by Gasteiger charge is 2.19. The van der Waals surface area contributed by atoms with Crippen molar-refractivity contribution in [3.63, 3.8) is 0 Å². The lowest BCUT2D eigenvalue weighted by Gasteiger charge is -2.31. The van der Waals surface area contributed by atoms with Gasteiger partial charge in [0.1, 0.15) is 5.60 Å². The molecule has 2 rings (SSSR count). The number of rotatable bonds is 5.